The molecule has 0 bridgehead atoms. The normalized spacial score (nSPS) is 12.6. The zero-order chi connectivity index (χ0) is 13.8. The van der Waals surface area contributed by atoms with Crippen molar-refractivity contribution in [2.45, 2.75) is 26.4 Å². The van der Waals surface area contributed by atoms with Crippen molar-refractivity contribution in [3.63, 3.8) is 0 Å². The van der Waals surface area contributed by atoms with Crippen molar-refractivity contribution < 1.29 is 4.39 Å². The van der Waals surface area contributed by atoms with Crippen molar-refractivity contribution in [3.05, 3.63) is 58.1 Å². The highest BCUT2D eigenvalue weighted by Crippen LogP contribution is 2.20. The average molecular weight is 325 g/mol. The predicted octanol–water partition coefficient (Wildman–Crippen LogP) is 4.11. The zero-order valence-electron chi connectivity index (χ0n) is 11.2. The summed E-state index contributed by atoms with van der Waals surface area (Å²) >= 11 is 3.23. The summed E-state index contributed by atoms with van der Waals surface area (Å²) in [4.78, 5) is 0. The van der Waals surface area contributed by atoms with Crippen molar-refractivity contribution in [1.29, 1.82) is 0 Å². The van der Waals surface area contributed by atoms with Crippen LogP contribution in [-0.4, -0.2) is 11.1 Å². The third-order valence-electron chi connectivity index (χ3n) is 3.16. The first kappa shape index (κ1) is 14.3. The Hall–Kier alpha value is -1.13. The zero-order valence-corrected chi connectivity index (χ0v) is 12.7. The van der Waals surface area contributed by atoms with Crippen LogP contribution in [0.3, 0.4) is 0 Å². The highest BCUT2D eigenvalue weighted by atomic mass is 79.9. The van der Waals surface area contributed by atoms with E-state index in [-0.39, 0.29) is 5.82 Å². The van der Waals surface area contributed by atoms with E-state index < -0.39 is 0 Å². The molecule has 1 aromatic carbocycles. The van der Waals surface area contributed by atoms with E-state index in [0.29, 0.717) is 10.5 Å². The summed E-state index contributed by atoms with van der Waals surface area (Å²) in [5, 5.41) is 3.40. The number of halogens is 2. The Morgan fingerprint density at radius 2 is 2.16 bits per heavy atom. The number of hydrogen-bond acceptors (Lipinski definition) is 1. The average Bonchev–Trinajstić information content (AvgIpc) is 2.82. The number of rotatable bonds is 5. The number of nitrogens with one attached hydrogen (secondary N) is 1. The summed E-state index contributed by atoms with van der Waals surface area (Å²) in [5.74, 6) is -0.225. The quantitative estimate of drug-likeness (QED) is 0.875. The Labute approximate surface area is 121 Å². The van der Waals surface area contributed by atoms with Crippen LogP contribution < -0.4 is 5.32 Å². The lowest BCUT2D eigenvalue weighted by atomic mass is 10.2. The Balaban J connectivity index is 2.19. The van der Waals surface area contributed by atoms with Crippen LogP contribution in [0.15, 0.2) is 41.0 Å². The number of benzene rings is 1. The second-order valence-corrected chi connectivity index (χ2v) is 5.44. The van der Waals surface area contributed by atoms with Crippen LogP contribution in [0, 0.1) is 5.82 Å². The van der Waals surface area contributed by atoms with Crippen molar-refractivity contribution in [2.24, 2.45) is 0 Å². The first-order valence-corrected chi connectivity index (χ1v) is 7.23. The molecule has 1 aromatic heterocycles. The molecule has 0 aliphatic rings. The van der Waals surface area contributed by atoms with Crippen molar-refractivity contribution >= 4 is 15.9 Å². The first-order chi connectivity index (χ1) is 9.11. The molecule has 1 unspecified atom stereocenters. The number of hydrogen-bond donors (Lipinski definition) is 1. The summed E-state index contributed by atoms with van der Waals surface area (Å²) in [6.07, 6.45) is 2.06. The van der Waals surface area contributed by atoms with E-state index in [1.165, 1.54) is 11.8 Å². The first-order valence-electron chi connectivity index (χ1n) is 6.44. The van der Waals surface area contributed by atoms with E-state index in [9.17, 15) is 4.39 Å². The van der Waals surface area contributed by atoms with Crippen LogP contribution in [0.5, 0.6) is 0 Å². The Morgan fingerprint density at radius 3 is 2.84 bits per heavy atom. The molecule has 0 amide bonds. The standard InChI is InChI=1S/C15H18BrFN2/c1-3-18-11(2)15-5-4-8-19(15)10-12-6-7-14(17)13(16)9-12/h4-9,11,18H,3,10H2,1-2H3. The maximum absolute atomic E-state index is 13.2. The van der Waals surface area contributed by atoms with Crippen LogP contribution in [0.25, 0.3) is 0 Å². The van der Waals surface area contributed by atoms with Gasteiger partial charge in [-0.15, -0.1) is 0 Å². The molecule has 2 nitrogen and oxygen atoms in total. The summed E-state index contributed by atoms with van der Waals surface area (Å²) < 4.78 is 15.9. The van der Waals surface area contributed by atoms with Gasteiger partial charge in [0.25, 0.3) is 0 Å². The lowest BCUT2D eigenvalue weighted by Crippen LogP contribution is -2.20. The summed E-state index contributed by atoms with van der Waals surface area (Å²) in [6.45, 7) is 5.93. The predicted molar refractivity (Wildman–Crippen MR) is 79.7 cm³/mol. The van der Waals surface area contributed by atoms with Crippen LogP contribution in [0.1, 0.15) is 31.1 Å². The number of nitrogens with zero attached hydrogens (tertiary/aromatic N) is 1. The molecular formula is C15H18BrFN2. The highest BCUT2D eigenvalue weighted by molar-refractivity contribution is 9.10. The van der Waals surface area contributed by atoms with Gasteiger partial charge < -0.3 is 9.88 Å². The van der Waals surface area contributed by atoms with E-state index in [1.54, 1.807) is 0 Å². The fourth-order valence-corrected chi connectivity index (χ4v) is 2.64. The van der Waals surface area contributed by atoms with E-state index in [4.69, 9.17) is 0 Å². The number of aromatic nitrogens is 1. The largest absolute Gasteiger partial charge is 0.346 e. The molecule has 2 rings (SSSR count). The molecule has 1 N–H and O–H groups in total. The van der Waals surface area contributed by atoms with Gasteiger partial charge in [-0.1, -0.05) is 13.0 Å². The third-order valence-corrected chi connectivity index (χ3v) is 3.76. The minimum atomic E-state index is -0.225. The molecule has 102 valence electrons. The van der Waals surface area contributed by atoms with Crippen LogP contribution in [0.2, 0.25) is 0 Å². The van der Waals surface area contributed by atoms with Crippen molar-refractivity contribution in [3.8, 4) is 0 Å². The van der Waals surface area contributed by atoms with Gasteiger partial charge in [-0.25, -0.2) is 4.39 Å². The molecular weight excluding hydrogens is 307 g/mol. The maximum atomic E-state index is 13.2. The molecule has 0 radical (unpaired) electrons. The minimum absolute atomic E-state index is 0.225. The molecule has 1 heterocycles. The molecule has 0 saturated carbocycles. The second kappa shape index (κ2) is 6.35. The van der Waals surface area contributed by atoms with E-state index in [2.05, 4.69) is 51.9 Å². The van der Waals surface area contributed by atoms with Crippen molar-refractivity contribution in [2.75, 3.05) is 6.54 Å². The monoisotopic (exact) mass is 324 g/mol. The molecule has 0 fully saturated rings. The summed E-state index contributed by atoms with van der Waals surface area (Å²) in [5.41, 5.74) is 2.32. The lowest BCUT2D eigenvalue weighted by Gasteiger charge is -2.16. The SMILES string of the molecule is CCNC(C)c1cccn1Cc1ccc(F)c(Br)c1. The fourth-order valence-electron chi connectivity index (χ4n) is 2.21. The van der Waals surface area contributed by atoms with Crippen LogP contribution >= 0.6 is 15.9 Å². The van der Waals surface area contributed by atoms with Gasteiger partial charge in [0.1, 0.15) is 5.82 Å². The van der Waals surface area contributed by atoms with E-state index >= 15 is 0 Å². The summed E-state index contributed by atoms with van der Waals surface area (Å²) in [7, 11) is 0. The van der Waals surface area contributed by atoms with Crippen molar-refractivity contribution in [1.82, 2.24) is 9.88 Å². The van der Waals surface area contributed by atoms with Gasteiger partial charge in [0.15, 0.2) is 0 Å². The molecule has 19 heavy (non-hydrogen) atoms. The molecule has 4 heteroatoms. The second-order valence-electron chi connectivity index (χ2n) is 4.59. The third kappa shape index (κ3) is 3.45. The Morgan fingerprint density at radius 1 is 1.37 bits per heavy atom. The topological polar surface area (TPSA) is 17.0 Å². The highest BCUT2D eigenvalue weighted by Gasteiger charge is 2.09. The molecule has 0 spiro atoms. The van der Waals surface area contributed by atoms with Crippen LogP contribution in [0.4, 0.5) is 4.39 Å². The van der Waals surface area contributed by atoms with Gasteiger partial charge in [-0.2, -0.15) is 0 Å². The van der Waals surface area contributed by atoms with Gasteiger partial charge in [0.2, 0.25) is 0 Å². The van der Waals surface area contributed by atoms with Crippen LogP contribution in [-0.2, 0) is 6.54 Å². The van der Waals surface area contributed by atoms with Gasteiger partial charge in [0.05, 0.1) is 4.47 Å². The molecule has 0 saturated heterocycles. The van der Waals surface area contributed by atoms with Gasteiger partial charge in [0, 0.05) is 24.5 Å². The minimum Gasteiger partial charge on any atom is -0.346 e. The van der Waals surface area contributed by atoms with Gasteiger partial charge in [-0.05, 0) is 59.2 Å². The van der Waals surface area contributed by atoms with E-state index in [0.717, 1.165) is 18.7 Å². The molecule has 2 aromatic rings. The lowest BCUT2D eigenvalue weighted by molar-refractivity contribution is 0.553. The molecule has 0 aliphatic carbocycles. The Bertz CT molecular complexity index is 551. The van der Waals surface area contributed by atoms with Gasteiger partial charge in [-0.3, -0.25) is 0 Å². The smallest absolute Gasteiger partial charge is 0.137 e. The fraction of sp³-hybridized carbons (Fsp3) is 0.333. The van der Waals surface area contributed by atoms with Gasteiger partial charge >= 0.3 is 0 Å². The summed E-state index contributed by atoms with van der Waals surface area (Å²) in [6, 6.07) is 9.62. The van der Waals surface area contributed by atoms with E-state index in [1.807, 2.05) is 18.2 Å². The molecule has 0 aliphatic heterocycles. The maximum Gasteiger partial charge on any atom is 0.137 e. The Kier molecular flexibility index (Phi) is 4.77. The molecule has 1 atom stereocenters.